The number of carbonyl (C=O) groups excluding carboxylic acids is 1. The van der Waals surface area contributed by atoms with E-state index < -0.39 is 15.9 Å². The number of anilines is 1. The van der Waals surface area contributed by atoms with Crippen molar-refractivity contribution in [3.05, 3.63) is 65.6 Å². The van der Waals surface area contributed by atoms with Crippen molar-refractivity contribution in [3.8, 4) is 17.0 Å². The molecule has 1 saturated heterocycles. The summed E-state index contributed by atoms with van der Waals surface area (Å²) >= 11 is 6.58. The normalized spacial score (nSPS) is 14.5. The van der Waals surface area contributed by atoms with Gasteiger partial charge in [0.05, 0.1) is 30.9 Å². The van der Waals surface area contributed by atoms with E-state index in [2.05, 4.69) is 15.6 Å². The number of nitrogens with one attached hydrogen (secondary N) is 2. The molecule has 0 saturated carbocycles. The number of morpholine rings is 1. The number of sulfonamides is 1. The number of thiazole rings is 1. The summed E-state index contributed by atoms with van der Waals surface area (Å²) in [7, 11) is -1.95. The first kappa shape index (κ1) is 25.9. The van der Waals surface area contributed by atoms with Crippen LogP contribution in [0.4, 0.5) is 5.13 Å². The minimum atomic E-state index is -3.56. The summed E-state index contributed by atoms with van der Waals surface area (Å²) in [5, 5.41) is 8.03. The molecule has 12 heteroatoms. The number of rotatable bonds is 7. The molecule has 188 valence electrons. The second-order valence-corrected chi connectivity index (χ2v) is 10.8. The number of thiocarbonyl (C=S) groups is 1. The van der Waals surface area contributed by atoms with Gasteiger partial charge in [-0.2, -0.15) is 4.31 Å². The third-order valence-electron chi connectivity index (χ3n) is 5.26. The van der Waals surface area contributed by atoms with E-state index in [1.807, 2.05) is 29.6 Å². The first-order valence-corrected chi connectivity index (χ1v) is 13.7. The van der Waals surface area contributed by atoms with E-state index in [-0.39, 0.29) is 10.0 Å². The Morgan fingerprint density at radius 2 is 1.83 bits per heavy atom. The minimum Gasteiger partial charge on any atom is -0.497 e. The third kappa shape index (κ3) is 6.53. The van der Waals surface area contributed by atoms with Gasteiger partial charge in [-0.1, -0.05) is 12.1 Å². The highest BCUT2D eigenvalue weighted by Gasteiger charge is 2.25. The molecule has 1 amide bonds. The van der Waals surface area contributed by atoms with Crippen LogP contribution in [0.25, 0.3) is 17.3 Å². The van der Waals surface area contributed by atoms with Crippen LogP contribution in [0.15, 0.2) is 64.9 Å². The van der Waals surface area contributed by atoms with Gasteiger partial charge < -0.3 is 14.8 Å². The molecule has 1 aliphatic heterocycles. The topological polar surface area (TPSA) is 110 Å². The van der Waals surface area contributed by atoms with Crippen LogP contribution < -0.4 is 15.4 Å². The van der Waals surface area contributed by atoms with E-state index in [1.165, 1.54) is 33.9 Å². The van der Waals surface area contributed by atoms with Crippen molar-refractivity contribution < 1.29 is 22.7 Å². The number of nitrogens with zero attached hydrogens (tertiary/aromatic N) is 2. The van der Waals surface area contributed by atoms with Crippen LogP contribution in [0.1, 0.15) is 5.56 Å². The van der Waals surface area contributed by atoms with Crippen LogP contribution in [0.2, 0.25) is 0 Å². The number of amides is 1. The number of aromatic nitrogens is 1. The monoisotopic (exact) mass is 544 g/mol. The van der Waals surface area contributed by atoms with E-state index in [0.717, 1.165) is 17.0 Å². The van der Waals surface area contributed by atoms with Gasteiger partial charge in [-0.3, -0.25) is 10.1 Å². The SMILES string of the molecule is COc1ccc(-c2csc(NC(=S)NC(=O)C=Cc3ccc(S(=O)(=O)N4CCOCC4)cc3)n2)cc1. The molecular weight excluding hydrogens is 520 g/mol. The molecule has 3 aromatic rings. The molecule has 0 radical (unpaired) electrons. The zero-order valence-electron chi connectivity index (χ0n) is 19.3. The number of carbonyl (C=O) groups is 1. The maximum atomic E-state index is 12.7. The van der Waals surface area contributed by atoms with Gasteiger partial charge in [0.15, 0.2) is 10.2 Å². The van der Waals surface area contributed by atoms with Crippen LogP contribution in [0.5, 0.6) is 5.75 Å². The second kappa shape index (κ2) is 11.7. The van der Waals surface area contributed by atoms with Crippen molar-refractivity contribution in [1.29, 1.82) is 0 Å². The third-order valence-corrected chi connectivity index (χ3v) is 8.14. The molecule has 1 aromatic heterocycles. The van der Waals surface area contributed by atoms with Crippen molar-refractivity contribution in [2.24, 2.45) is 0 Å². The molecule has 2 heterocycles. The molecule has 4 rings (SSSR count). The Bertz CT molecular complexity index is 1350. The summed E-state index contributed by atoms with van der Waals surface area (Å²) in [6.07, 6.45) is 2.90. The highest BCUT2D eigenvalue weighted by Crippen LogP contribution is 2.26. The van der Waals surface area contributed by atoms with Crippen LogP contribution >= 0.6 is 23.6 Å². The number of benzene rings is 2. The van der Waals surface area contributed by atoms with Crippen molar-refractivity contribution >= 4 is 55.8 Å². The van der Waals surface area contributed by atoms with Gasteiger partial charge in [-0.15, -0.1) is 11.3 Å². The van der Waals surface area contributed by atoms with Crippen molar-refractivity contribution in [2.45, 2.75) is 4.90 Å². The first-order chi connectivity index (χ1) is 17.3. The summed E-state index contributed by atoms with van der Waals surface area (Å²) in [6.45, 7) is 1.44. The van der Waals surface area contributed by atoms with E-state index in [9.17, 15) is 13.2 Å². The Morgan fingerprint density at radius 3 is 2.50 bits per heavy atom. The Morgan fingerprint density at radius 1 is 1.14 bits per heavy atom. The van der Waals surface area contributed by atoms with Gasteiger partial charge >= 0.3 is 0 Å². The fourth-order valence-corrected chi connectivity index (χ4v) is 5.76. The maximum absolute atomic E-state index is 12.7. The summed E-state index contributed by atoms with van der Waals surface area (Å²) in [5.41, 5.74) is 2.38. The highest BCUT2D eigenvalue weighted by molar-refractivity contribution is 7.89. The zero-order chi connectivity index (χ0) is 25.5. The lowest BCUT2D eigenvalue weighted by molar-refractivity contribution is -0.115. The van der Waals surface area contributed by atoms with Gasteiger partial charge in [0.25, 0.3) is 0 Å². The van der Waals surface area contributed by atoms with Gasteiger partial charge in [0, 0.05) is 30.1 Å². The Labute approximate surface area is 218 Å². The average molecular weight is 545 g/mol. The fraction of sp³-hybridized carbons (Fsp3) is 0.208. The standard InChI is InChI=1S/C24H24N4O5S3/c1-32-19-7-5-18(6-8-19)21-16-35-24(25-21)27-23(34)26-22(29)11-4-17-2-9-20(10-3-17)36(30,31)28-12-14-33-15-13-28/h2-11,16H,12-15H2,1H3,(H2,25,26,27,29,34). The van der Waals surface area contributed by atoms with E-state index in [1.54, 1.807) is 25.3 Å². The molecule has 0 bridgehead atoms. The van der Waals surface area contributed by atoms with Crippen LogP contribution in [-0.2, 0) is 19.6 Å². The van der Waals surface area contributed by atoms with Crippen LogP contribution in [-0.4, -0.2) is 62.1 Å². The fourth-order valence-electron chi connectivity index (χ4n) is 3.37. The summed E-state index contributed by atoms with van der Waals surface area (Å²) in [5.74, 6) is 0.336. The Kier molecular flexibility index (Phi) is 8.44. The number of ether oxygens (including phenoxy) is 2. The van der Waals surface area contributed by atoms with Crippen LogP contribution in [0, 0.1) is 0 Å². The molecule has 9 nitrogen and oxygen atoms in total. The molecule has 0 unspecified atom stereocenters. The lowest BCUT2D eigenvalue weighted by atomic mass is 10.2. The van der Waals surface area contributed by atoms with Crippen molar-refractivity contribution in [2.75, 3.05) is 38.7 Å². The smallest absolute Gasteiger partial charge is 0.250 e. The van der Waals surface area contributed by atoms with E-state index in [4.69, 9.17) is 21.7 Å². The molecule has 2 N–H and O–H groups in total. The summed E-state index contributed by atoms with van der Waals surface area (Å²) in [4.78, 5) is 17.0. The predicted octanol–water partition coefficient (Wildman–Crippen LogP) is 3.37. The Balaban J connectivity index is 1.30. The zero-order valence-corrected chi connectivity index (χ0v) is 21.8. The van der Waals surface area contributed by atoms with Crippen molar-refractivity contribution in [3.63, 3.8) is 0 Å². The van der Waals surface area contributed by atoms with Gasteiger partial charge in [0.2, 0.25) is 15.9 Å². The van der Waals surface area contributed by atoms with E-state index >= 15 is 0 Å². The summed E-state index contributed by atoms with van der Waals surface area (Å²) < 4.78 is 37.2. The largest absolute Gasteiger partial charge is 0.497 e. The Hall–Kier alpha value is -3.16. The minimum absolute atomic E-state index is 0.118. The second-order valence-electron chi connectivity index (χ2n) is 7.63. The van der Waals surface area contributed by atoms with Gasteiger partial charge in [-0.05, 0) is 60.3 Å². The van der Waals surface area contributed by atoms with Gasteiger partial charge in [-0.25, -0.2) is 13.4 Å². The van der Waals surface area contributed by atoms with E-state index in [0.29, 0.717) is 37.0 Å². The molecule has 0 aliphatic carbocycles. The number of hydrogen-bond donors (Lipinski definition) is 2. The summed E-state index contributed by atoms with van der Waals surface area (Å²) in [6, 6.07) is 13.9. The quantitative estimate of drug-likeness (QED) is 0.344. The molecule has 0 spiro atoms. The first-order valence-electron chi connectivity index (χ1n) is 10.9. The lowest BCUT2D eigenvalue weighted by Gasteiger charge is -2.26. The predicted molar refractivity (Wildman–Crippen MR) is 144 cm³/mol. The molecule has 0 atom stereocenters. The average Bonchev–Trinajstić information content (AvgIpc) is 3.36. The van der Waals surface area contributed by atoms with Gasteiger partial charge in [0.1, 0.15) is 5.75 Å². The number of hydrogen-bond acceptors (Lipinski definition) is 8. The number of methoxy groups -OCH3 is 1. The molecule has 1 aliphatic rings. The van der Waals surface area contributed by atoms with Crippen molar-refractivity contribution in [1.82, 2.24) is 14.6 Å². The maximum Gasteiger partial charge on any atom is 0.250 e. The highest BCUT2D eigenvalue weighted by atomic mass is 32.2. The molecule has 36 heavy (non-hydrogen) atoms. The lowest BCUT2D eigenvalue weighted by Crippen LogP contribution is -2.40. The van der Waals surface area contributed by atoms with Crippen LogP contribution in [0.3, 0.4) is 0 Å². The molecule has 2 aromatic carbocycles. The molecule has 1 fully saturated rings. The molecular formula is C24H24N4O5S3.